The van der Waals surface area contributed by atoms with Crippen LogP contribution in [0, 0.1) is 0 Å². The van der Waals surface area contributed by atoms with Crippen molar-refractivity contribution in [2.75, 3.05) is 13.2 Å². The Labute approximate surface area is 107 Å². The summed E-state index contributed by atoms with van der Waals surface area (Å²) in [6, 6.07) is 14.8. The molecule has 0 heterocycles. The molecule has 1 aliphatic carbocycles. The summed E-state index contributed by atoms with van der Waals surface area (Å²) in [6.07, 6.45) is 1.67. The van der Waals surface area contributed by atoms with Gasteiger partial charge in [-0.25, -0.2) is 0 Å². The van der Waals surface area contributed by atoms with Crippen molar-refractivity contribution in [3.63, 3.8) is 0 Å². The minimum atomic E-state index is 0.177. The van der Waals surface area contributed by atoms with Gasteiger partial charge < -0.3 is 9.84 Å². The highest BCUT2D eigenvalue weighted by molar-refractivity contribution is 5.77. The minimum Gasteiger partial charge on any atom is -0.493 e. The maximum absolute atomic E-state index is 8.74. The molecule has 2 aromatic rings. The van der Waals surface area contributed by atoms with Crippen LogP contribution < -0.4 is 4.74 Å². The summed E-state index contributed by atoms with van der Waals surface area (Å²) in [5, 5.41) is 8.74. The van der Waals surface area contributed by atoms with Crippen LogP contribution in [0.25, 0.3) is 11.1 Å². The van der Waals surface area contributed by atoms with E-state index in [2.05, 4.69) is 36.4 Å². The van der Waals surface area contributed by atoms with E-state index in [0.717, 1.165) is 12.2 Å². The Kier molecular flexibility index (Phi) is 3.03. The van der Waals surface area contributed by atoms with Gasteiger partial charge >= 0.3 is 0 Å². The van der Waals surface area contributed by atoms with Crippen molar-refractivity contribution >= 4 is 0 Å². The molecule has 0 radical (unpaired) electrons. The predicted molar refractivity (Wildman–Crippen MR) is 71.9 cm³/mol. The minimum absolute atomic E-state index is 0.177. The van der Waals surface area contributed by atoms with Gasteiger partial charge in [-0.1, -0.05) is 30.3 Å². The van der Waals surface area contributed by atoms with Crippen molar-refractivity contribution in [1.82, 2.24) is 0 Å². The summed E-state index contributed by atoms with van der Waals surface area (Å²) in [4.78, 5) is 0. The third-order valence-corrected chi connectivity index (χ3v) is 3.34. The van der Waals surface area contributed by atoms with E-state index in [1.807, 2.05) is 6.07 Å². The van der Waals surface area contributed by atoms with Crippen LogP contribution in [0.4, 0.5) is 0 Å². The van der Waals surface area contributed by atoms with E-state index in [-0.39, 0.29) is 6.61 Å². The van der Waals surface area contributed by atoms with Gasteiger partial charge in [0.15, 0.2) is 0 Å². The third-order valence-electron chi connectivity index (χ3n) is 3.34. The van der Waals surface area contributed by atoms with Gasteiger partial charge in [0.2, 0.25) is 0 Å². The van der Waals surface area contributed by atoms with E-state index in [4.69, 9.17) is 9.84 Å². The lowest BCUT2D eigenvalue weighted by atomic mass is 10.1. The van der Waals surface area contributed by atoms with Gasteiger partial charge in [0.25, 0.3) is 0 Å². The first-order valence-electron chi connectivity index (χ1n) is 6.33. The van der Waals surface area contributed by atoms with Crippen LogP contribution in [-0.4, -0.2) is 18.3 Å². The number of fused-ring (bicyclic) bond motifs is 3. The predicted octanol–water partition coefficient (Wildman–Crippen LogP) is 3.02. The van der Waals surface area contributed by atoms with E-state index < -0.39 is 0 Å². The van der Waals surface area contributed by atoms with E-state index >= 15 is 0 Å². The van der Waals surface area contributed by atoms with Crippen molar-refractivity contribution in [2.24, 2.45) is 0 Å². The van der Waals surface area contributed by atoms with Gasteiger partial charge in [0, 0.05) is 13.0 Å². The highest BCUT2D eigenvalue weighted by Gasteiger charge is 2.17. The Hall–Kier alpha value is -1.80. The van der Waals surface area contributed by atoms with Gasteiger partial charge in [-0.3, -0.25) is 0 Å². The zero-order valence-electron chi connectivity index (χ0n) is 10.2. The van der Waals surface area contributed by atoms with Gasteiger partial charge in [-0.05, 0) is 40.8 Å². The van der Waals surface area contributed by atoms with Crippen molar-refractivity contribution in [2.45, 2.75) is 12.8 Å². The monoisotopic (exact) mass is 240 g/mol. The molecule has 0 unspecified atom stereocenters. The SMILES string of the molecule is OCCCOc1ccc2c(c1)Cc1ccccc1-2. The zero-order chi connectivity index (χ0) is 12.4. The molecule has 0 aromatic heterocycles. The molecule has 1 N–H and O–H groups in total. The van der Waals surface area contributed by atoms with Crippen LogP contribution >= 0.6 is 0 Å². The van der Waals surface area contributed by atoms with Crippen LogP contribution in [0.1, 0.15) is 17.5 Å². The molecule has 0 bridgehead atoms. The number of aliphatic hydroxyl groups is 1. The molecule has 3 rings (SSSR count). The van der Waals surface area contributed by atoms with Crippen molar-refractivity contribution < 1.29 is 9.84 Å². The number of ether oxygens (including phenoxy) is 1. The van der Waals surface area contributed by atoms with Crippen molar-refractivity contribution in [3.8, 4) is 16.9 Å². The topological polar surface area (TPSA) is 29.5 Å². The van der Waals surface area contributed by atoms with E-state index in [0.29, 0.717) is 13.0 Å². The van der Waals surface area contributed by atoms with Crippen molar-refractivity contribution in [3.05, 3.63) is 53.6 Å². The standard InChI is InChI=1S/C16H16O2/c17-8-3-9-18-14-6-7-16-13(11-14)10-12-4-1-2-5-15(12)16/h1-2,4-7,11,17H,3,8-10H2. The fourth-order valence-electron chi connectivity index (χ4n) is 2.47. The fraction of sp³-hybridized carbons (Fsp3) is 0.250. The first-order chi connectivity index (χ1) is 8.88. The van der Waals surface area contributed by atoms with Gasteiger partial charge in [0.05, 0.1) is 6.61 Å². The van der Waals surface area contributed by atoms with Crippen LogP contribution in [-0.2, 0) is 6.42 Å². The van der Waals surface area contributed by atoms with Crippen molar-refractivity contribution in [1.29, 1.82) is 0 Å². The lowest BCUT2D eigenvalue weighted by Gasteiger charge is -2.07. The maximum Gasteiger partial charge on any atom is 0.119 e. The van der Waals surface area contributed by atoms with E-state index in [1.165, 1.54) is 22.3 Å². The number of hydrogen-bond acceptors (Lipinski definition) is 2. The zero-order valence-corrected chi connectivity index (χ0v) is 10.2. The second kappa shape index (κ2) is 4.83. The molecule has 18 heavy (non-hydrogen) atoms. The highest BCUT2D eigenvalue weighted by atomic mass is 16.5. The average molecular weight is 240 g/mol. The largest absolute Gasteiger partial charge is 0.493 e. The summed E-state index contributed by atoms with van der Waals surface area (Å²) in [6.45, 7) is 0.749. The number of rotatable bonds is 4. The van der Waals surface area contributed by atoms with E-state index in [1.54, 1.807) is 0 Å². The molecule has 0 spiro atoms. The second-order valence-corrected chi connectivity index (χ2v) is 4.58. The lowest BCUT2D eigenvalue weighted by molar-refractivity contribution is 0.233. The molecule has 0 amide bonds. The van der Waals surface area contributed by atoms with Gasteiger partial charge in [-0.2, -0.15) is 0 Å². The Bertz CT molecular complexity index is 561. The van der Waals surface area contributed by atoms with Crippen LogP contribution in [0.3, 0.4) is 0 Å². The van der Waals surface area contributed by atoms with E-state index in [9.17, 15) is 0 Å². The molecule has 0 atom stereocenters. The summed E-state index contributed by atoms with van der Waals surface area (Å²) in [5.74, 6) is 0.898. The molecule has 92 valence electrons. The quantitative estimate of drug-likeness (QED) is 0.710. The Morgan fingerprint density at radius 2 is 1.83 bits per heavy atom. The summed E-state index contributed by atoms with van der Waals surface area (Å²) in [5.41, 5.74) is 5.38. The Morgan fingerprint density at radius 3 is 2.72 bits per heavy atom. The average Bonchev–Trinajstić information content (AvgIpc) is 2.76. The first kappa shape index (κ1) is 11.3. The second-order valence-electron chi connectivity index (χ2n) is 4.58. The molecular formula is C16H16O2. The van der Waals surface area contributed by atoms with Crippen LogP contribution in [0.5, 0.6) is 5.75 Å². The Balaban J connectivity index is 1.84. The Morgan fingerprint density at radius 1 is 1.00 bits per heavy atom. The highest BCUT2D eigenvalue weighted by Crippen LogP contribution is 2.37. The lowest BCUT2D eigenvalue weighted by Crippen LogP contribution is -1.99. The number of aliphatic hydroxyl groups excluding tert-OH is 1. The smallest absolute Gasteiger partial charge is 0.119 e. The molecule has 0 saturated carbocycles. The fourth-order valence-corrected chi connectivity index (χ4v) is 2.47. The van der Waals surface area contributed by atoms with Gasteiger partial charge in [0.1, 0.15) is 5.75 Å². The molecule has 0 saturated heterocycles. The maximum atomic E-state index is 8.74. The summed E-state index contributed by atoms with van der Waals surface area (Å²) in [7, 11) is 0. The number of benzene rings is 2. The van der Waals surface area contributed by atoms with Crippen LogP contribution in [0.2, 0.25) is 0 Å². The molecule has 2 aromatic carbocycles. The molecule has 1 aliphatic rings. The first-order valence-corrected chi connectivity index (χ1v) is 6.33. The molecular weight excluding hydrogens is 224 g/mol. The summed E-state index contributed by atoms with van der Waals surface area (Å²) >= 11 is 0. The van der Waals surface area contributed by atoms with Gasteiger partial charge in [-0.15, -0.1) is 0 Å². The van der Waals surface area contributed by atoms with Crippen LogP contribution in [0.15, 0.2) is 42.5 Å². The molecule has 2 nitrogen and oxygen atoms in total. The molecule has 0 aliphatic heterocycles. The normalized spacial score (nSPS) is 12.1. The number of hydrogen-bond donors (Lipinski definition) is 1. The molecule has 2 heteroatoms. The third kappa shape index (κ3) is 2.00. The summed E-state index contributed by atoms with van der Waals surface area (Å²) < 4.78 is 5.61. The molecule has 0 fully saturated rings.